The zero-order chi connectivity index (χ0) is 22.3. The summed E-state index contributed by atoms with van der Waals surface area (Å²) < 4.78 is 22.7. The summed E-state index contributed by atoms with van der Waals surface area (Å²) in [7, 11) is -4.04. The molecule has 0 aliphatic carbocycles. The molecule has 1 saturated heterocycles. The molecule has 0 unspecified atom stereocenters. The third-order valence-electron chi connectivity index (χ3n) is 4.87. The Morgan fingerprint density at radius 3 is 2.57 bits per heavy atom. The topological polar surface area (TPSA) is 148 Å². The zero-order valence-electron chi connectivity index (χ0n) is 17.3. The number of nitro benzene ring substituents is 1. The molecule has 0 atom stereocenters. The van der Waals surface area contributed by atoms with Gasteiger partial charge in [-0.3, -0.25) is 19.8 Å². The number of likely N-dealkylation sites (tertiary alicyclic amines) is 1. The molecule has 1 fully saturated rings. The van der Waals surface area contributed by atoms with E-state index in [4.69, 9.17) is 5.14 Å². The van der Waals surface area contributed by atoms with Crippen LogP contribution in [0, 0.1) is 10.1 Å². The Balaban J connectivity index is 1.81. The second-order valence-electron chi connectivity index (χ2n) is 7.58. The van der Waals surface area contributed by atoms with Crippen molar-refractivity contribution in [3.8, 4) is 0 Å². The summed E-state index contributed by atoms with van der Waals surface area (Å²) >= 11 is 0. The van der Waals surface area contributed by atoms with E-state index in [0.717, 1.165) is 38.5 Å². The van der Waals surface area contributed by atoms with Crippen LogP contribution in [-0.2, 0) is 14.8 Å². The lowest BCUT2D eigenvalue weighted by Gasteiger charge is -2.31. The van der Waals surface area contributed by atoms with Crippen molar-refractivity contribution >= 4 is 27.3 Å². The summed E-state index contributed by atoms with van der Waals surface area (Å²) in [5.74, 6) is -0.131. The number of rotatable bonds is 9. The highest BCUT2D eigenvalue weighted by molar-refractivity contribution is 7.89. The van der Waals surface area contributed by atoms with Crippen molar-refractivity contribution in [3.05, 3.63) is 40.0 Å². The standard InChI is InChI=1S/C19H29N5O5S/c1-14(2)6-10-23-11-7-15(8-12-23)22-19(25)5-9-21-17-4-3-16(30(20,28)29)13-18(17)24(26)27/h3-4,6,13,15,21H,5,7-12H2,1-2H3,(H,22,25)(H2,20,28,29). The van der Waals surface area contributed by atoms with Crippen molar-refractivity contribution in [2.24, 2.45) is 5.14 Å². The number of nitrogens with two attached hydrogens (primary N) is 1. The minimum atomic E-state index is -4.04. The monoisotopic (exact) mass is 439 g/mol. The fourth-order valence-corrected chi connectivity index (χ4v) is 3.70. The number of nitrogens with zero attached hydrogens (tertiary/aromatic N) is 2. The summed E-state index contributed by atoms with van der Waals surface area (Å²) in [6, 6.07) is 3.50. The van der Waals surface area contributed by atoms with Gasteiger partial charge in [0.2, 0.25) is 15.9 Å². The Bertz CT molecular complexity index is 904. The summed E-state index contributed by atoms with van der Waals surface area (Å²) in [6.07, 6.45) is 4.11. The van der Waals surface area contributed by atoms with Crippen LogP contribution in [0.3, 0.4) is 0 Å². The quantitative estimate of drug-likeness (QED) is 0.301. The lowest BCUT2D eigenvalue weighted by molar-refractivity contribution is -0.384. The third-order valence-corrected chi connectivity index (χ3v) is 5.78. The van der Waals surface area contributed by atoms with Crippen LogP contribution >= 0.6 is 0 Å². The van der Waals surface area contributed by atoms with Gasteiger partial charge < -0.3 is 10.6 Å². The van der Waals surface area contributed by atoms with Crippen LogP contribution in [0.25, 0.3) is 0 Å². The molecule has 4 N–H and O–H groups in total. The lowest BCUT2D eigenvalue weighted by Crippen LogP contribution is -2.44. The Hall–Kier alpha value is -2.50. The van der Waals surface area contributed by atoms with Gasteiger partial charge in [-0.15, -0.1) is 0 Å². The molecule has 166 valence electrons. The number of sulfonamides is 1. The van der Waals surface area contributed by atoms with Gasteiger partial charge >= 0.3 is 0 Å². The predicted molar refractivity (Wildman–Crippen MR) is 115 cm³/mol. The molecule has 10 nitrogen and oxygen atoms in total. The highest BCUT2D eigenvalue weighted by Crippen LogP contribution is 2.27. The van der Waals surface area contributed by atoms with E-state index in [9.17, 15) is 23.3 Å². The van der Waals surface area contributed by atoms with Crippen LogP contribution in [0.2, 0.25) is 0 Å². The van der Waals surface area contributed by atoms with Gasteiger partial charge in [0.25, 0.3) is 5.69 Å². The van der Waals surface area contributed by atoms with E-state index in [1.54, 1.807) is 0 Å². The first-order chi connectivity index (χ1) is 14.1. The maximum Gasteiger partial charge on any atom is 0.293 e. The molecule has 0 radical (unpaired) electrons. The van der Waals surface area contributed by atoms with Crippen LogP contribution in [0.1, 0.15) is 33.1 Å². The average Bonchev–Trinajstić information content (AvgIpc) is 2.66. The minimum Gasteiger partial charge on any atom is -0.379 e. The molecule has 0 bridgehead atoms. The van der Waals surface area contributed by atoms with Crippen molar-refractivity contribution < 1.29 is 18.1 Å². The molecule has 1 aliphatic rings. The van der Waals surface area contributed by atoms with Crippen molar-refractivity contribution in [2.45, 2.75) is 44.0 Å². The SMILES string of the molecule is CC(C)=CCN1CCC(NC(=O)CCNc2ccc(S(N)(=O)=O)cc2[N+](=O)[O-])CC1. The third kappa shape index (κ3) is 7.39. The molecule has 1 aliphatic heterocycles. The molecule has 1 aromatic carbocycles. The highest BCUT2D eigenvalue weighted by Gasteiger charge is 2.21. The van der Waals surface area contributed by atoms with E-state index >= 15 is 0 Å². The molecule has 1 aromatic rings. The van der Waals surface area contributed by atoms with E-state index in [-0.39, 0.29) is 35.5 Å². The first kappa shape index (κ1) is 23.8. The van der Waals surface area contributed by atoms with Gasteiger partial charge in [0.15, 0.2) is 0 Å². The van der Waals surface area contributed by atoms with Gasteiger partial charge in [-0.25, -0.2) is 13.6 Å². The summed E-state index contributed by atoms with van der Waals surface area (Å²) in [5.41, 5.74) is 1.01. The number of hydrogen-bond acceptors (Lipinski definition) is 7. The van der Waals surface area contributed by atoms with Crippen LogP contribution in [0.5, 0.6) is 0 Å². The number of carbonyl (C=O) groups is 1. The molecule has 0 spiro atoms. The van der Waals surface area contributed by atoms with Crippen molar-refractivity contribution in [3.63, 3.8) is 0 Å². The van der Waals surface area contributed by atoms with Gasteiger partial charge in [0.1, 0.15) is 5.69 Å². The van der Waals surface area contributed by atoms with Crippen molar-refractivity contribution in [1.29, 1.82) is 0 Å². The number of hydrogen-bond donors (Lipinski definition) is 3. The summed E-state index contributed by atoms with van der Waals surface area (Å²) in [6.45, 7) is 7.11. The zero-order valence-corrected chi connectivity index (χ0v) is 18.1. The number of benzene rings is 1. The second kappa shape index (κ2) is 10.5. The fraction of sp³-hybridized carbons (Fsp3) is 0.526. The number of nitrogens with one attached hydrogen (secondary N) is 2. The number of carbonyl (C=O) groups excluding carboxylic acids is 1. The van der Waals surface area contributed by atoms with Crippen LogP contribution in [0.4, 0.5) is 11.4 Å². The Morgan fingerprint density at radius 2 is 2.00 bits per heavy atom. The number of allylic oxidation sites excluding steroid dienone is 1. The molecule has 1 amide bonds. The van der Waals surface area contributed by atoms with E-state index in [1.807, 2.05) is 0 Å². The Morgan fingerprint density at radius 1 is 1.33 bits per heavy atom. The summed E-state index contributed by atoms with van der Waals surface area (Å²) in [5, 5.41) is 22.1. The molecule has 0 aromatic heterocycles. The van der Waals surface area contributed by atoms with Crippen LogP contribution in [-0.4, -0.2) is 56.4 Å². The molecule has 11 heteroatoms. The van der Waals surface area contributed by atoms with Gasteiger partial charge in [-0.1, -0.05) is 11.6 Å². The van der Waals surface area contributed by atoms with Crippen molar-refractivity contribution in [1.82, 2.24) is 10.2 Å². The molecule has 2 rings (SSSR count). The molecular weight excluding hydrogens is 410 g/mol. The number of primary sulfonamides is 1. The van der Waals surface area contributed by atoms with E-state index in [1.165, 1.54) is 17.7 Å². The molecule has 30 heavy (non-hydrogen) atoms. The van der Waals surface area contributed by atoms with Crippen LogP contribution in [0.15, 0.2) is 34.7 Å². The molecule has 0 saturated carbocycles. The Kier molecular flexibility index (Phi) is 8.33. The predicted octanol–water partition coefficient (Wildman–Crippen LogP) is 1.59. The highest BCUT2D eigenvalue weighted by atomic mass is 32.2. The lowest BCUT2D eigenvalue weighted by atomic mass is 10.0. The second-order valence-corrected chi connectivity index (χ2v) is 9.14. The first-order valence-corrected chi connectivity index (χ1v) is 11.3. The average molecular weight is 440 g/mol. The fourth-order valence-electron chi connectivity index (χ4n) is 3.17. The largest absolute Gasteiger partial charge is 0.379 e. The number of piperidine rings is 1. The normalized spacial score (nSPS) is 15.4. The summed E-state index contributed by atoms with van der Waals surface area (Å²) in [4.78, 5) is 24.7. The van der Waals surface area contributed by atoms with Crippen molar-refractivity contribution in [2.75, 3.05) is 31.5 Å². The van der Waals surface area contributed by atoms with E-state index < -0.39 is 20.6 Å². The number of nitro groups is 1. The number of amides is 1. The smallest absolute Gasteiger partial charge is 0.293 e. The van der Waals surface area contributed by atoms with Gasteiger partial charge in [-0.05, 0) is 38.8 Å². The Labute approximate surface area is 176 Å². The van der Waals surface area contributed by atoms with E-state index in [0.29, 0.717) is 0 Å². The maximum atomic E-state index is 12.2. The minimum absolute atomic E-state index is 0.129. The first-order valence-electron chi connectivity index (χ1n) is 9.76. The van der Waals surface area contributed by atoms with Gasteiger partial charge in [0.05, 0.1) is 9.82 Å². The maximum absolute atomic E-state index is 12.2. The van der Waals surface area contributed by atoms with Gasteiger partial charge in [0, 0.05) is 44.7 Å². The molecule has 1 heterocycles. The number of anilines is 1. The van der Waals surface area contributed by atoms with E-state index in [2.05, 4.69) is 35.5 Å². The molecular formula is C19H29N5O5S. The van der Waals surface area contributed by atoms with Crippen LogP contribution < -0.4 is 15.8 Å². The van der Waals surface area contributed by atoms with Gasteiger partial charge in [-0.2, -0.15) is 0 Å².